The van der Waals surface area contributed by atoms with Gasteiger partial charge in [-0.2, -0.15) is 0 Å². The molecule has 0 aromatic heterocycles. The Hall–Kier alpha value is -6.32. The third-order valence-corrected chi connectivity index (χ3v) is 8.92. The zero-order valence-electron chi connectivity index (χ0n) is 46.5. The van der Waals surface area contributed by atoms with Gasteiger partial charge in [-0.15, -0.1) is 13.2 Å². The van der Waals surface area contributed by atoms with Gasteiger partial charge < -0.3 is 42.8 Å². The lowest BCUT2D eigenvalue weighted by atomic mass is 9.90. The SMILES string of the molecule is C.C=C(C)C(=O)OCCCC(C)=O.C=C(C)C(=O)OCCOC(=O)CC.C=CC(=O)OCC(C)(C)C(C)=O.C=CC(=O)OCCCCC(C)=O.C=CC(C)COC(=O)C(=C)C.C=CCCCCCCCCC(C)=O. The summed E-state index contributed by atoms with van der Waals surface area (Å²) in [5, 5.41) is 0. The third-order valence-electron chi connectivity index (χ3n) is 8.92. The molecule has 1 unspecified atom stereocenters. The minimum Gasteiger partial charge on any atom is -0.463 e. The monoisotopic (exact) mass is 1050 g/mol. The van der Waals surface area contributed by atoms with Crippen molar-refractivity contribution in [3.8, 4) is 0 Å². The Morgan fingerprint density at radius 1 is 0.486 bits per heavy atom. The Balaban J connectivity index is -0.000000145. The first-order valence-corrected chi connectivity index (χ1v) is 24.5. The van der Waals surface area contributed by atoms with Crippen molar-refractivity contribution in [3.63, 3.8) is 0 Å². The first-order chi connectivity index (χ1) is 34.0. The molecule has 74 heavy (non-hydrogen) atoms. The maximum Gasteiger partial charge on any atom is 0.333 e. The molecule has 424 valence electrons. The zero-order valence-corrected chi connectivity index (χ0v) is 46.5. The number of ether oxygens (including phenoxy) is 6. The van der Waals surface area contributed by atoms with Crippen molar-refractivity contribution < 1.29 is 76.4 Å². The first-order valence-electron chi connectivity index (χ1n) is 24.5. The van der Waals surface area contributed by atoms with Crippen molar-refractivity contribution in [3.05, 3.63) is 87.1 Å². The molecule has 0 aromatic carbocycles. The number of Topliss-reactive ketones (excluding diaryl/α,β-unsaturated/α-hetero) is 4. The molecule has 1 atom stereocenters. The smallest absolute Gasteiger partial charge is 0.333 e. The molecule has 0 rings (SSSR count). The summed E-state index contributed by atoms with van der Waals surface area (Å²) in [6, 6.07) is 0. The van der Waals surface area contributed by atoms with E-state index in [-0.39, 0.29) is 62.5 Å². The molecule has 0 saturated carbocycles. The van der Waals surface area contributed by atoms with E-state index in [0.717, 1.165) is 44.3 Å². The van der Waals surface area contributed by atoms with Gasteiger partial charge in [0.15, 0.2) is 0 Å². The van der Waals surface area contributed by atoms with E-state index in [1.165, 1.54) is 46.0 Å². The topological polar surface area (TPSA) is 226 Å². The van der Waals surface area contributed by atoms with Crippen molar-refractivity contribution in [1.29, 1.82) is 0 Å². The Labute approximate surface area is 445 Å². The van der Waals surface area contributed by atoms with Crippen molar-refractivity contribution >= 4 is 58.9 Å². The summed E-state index contributed by atoms with van der Waals surface area (Å²) in [5.74, 6) is -1.57. The number of rotatable bonds is 33. The quantitative estimate of drug-likeness (QED) is 0.0196. The fourth-order valence-electron chi connectivity index (χ4n) is 4.01. The van der Waals surface area contributed by atoms with Gasteiger partial charge in [0.2, 0.25) is 0 Å². The maximum absolute atomic E-state index is 10.9. The van der Waals surface area contributed by atoms with Gasteiger partial charge in [0, 0.05) is 60.5 Å². The second-order valence-corrected chi connectivity index (χ2v) is 17.2. The number of ketones is 4. The summed E-state index contributed by atoms with van der Waals surface area (Å²) in [6.07, 6.45) is 18.8. The van der Waals surface area contributed by atoms with Crippen LogP contribution in [-0.4, -0.2) is 98.6 Å². The molecule has 0 spiro atoms. The minimum absolute atomic E-state index is 0. The standard InChI is InChI=1S/C12H22O.C9H14O4.3C9H14O3.C9H14O2.CH4/c1-3-4-5-6-7-8-9-10-11-12(2)13;1-4-8(10)12-5-6-13-9(11)7(2)3;1-7(2)9(11)12-6-4-5-8(3)10;1-5-8(11)12-6-9(3,4)7(2)10;1-3-9(11)12-7-5-4-6-8(2)10;1-5-8(4)6-11-9(10)7(2)3;/h3H,1,4-11H2,2H3;2,4-6H2,1,3H3;1,4-6H2,2-3H3;5H,1,6H2,2-4H3;3H,1,4-7H2,2H3;5,8H,1-2,6H2,3-4H3;1H4. The molecule has 0 aliphatic heterocycles. The largest absolute Gasteiger partial charge is 0.463 e. The number of unbranched alkanes of at least 4 members (excludes halogenated alkanes) is 7. The van der Waals surface area contributed by atoms with Crippen molar-refractivity contribution in [2.75, 3.05) is 39.6 Å². The zero-order chi connectivity index (χ0) is 57.8. The van der Waals surface area contributed by atoms with Crippen LogP contribution in [0.4, 0.5) is 0 Å². The van der Waals surface area contributed by atoms with Crippen molar-refractivity contribution in [1.82, 2.24) is 0 Å². The summed E-state index contributed by atoms with van der Waals surface area (Å²) < 4.78 is 28.4. The summed E-state index contributed by atoms with van der Waals surface area (Å²) >= 11 is 0. The molecule has 0 aliphatic carbocycles. The summed E-state index contributed by atoms with van der Waals surface area (Å²) in [4.78, 5) is 107. The van der Waals surface area contributed by atoms with E-state index in [4.69, 9.17) is 18.9 Å². The van der Waals surface area contributed by atoms with Gasteiger partial charge in [-0.25, -0.2) is 24.0 Å². The van der Waals surface area contributed by atoms with Crippen LogP contribution in [0.5, 0.6) is 0 Å². The highest BCUT2D eigenvalue weighted by Crippen LogP contribution is 2.16. The molecule has 0 radical (unpaired) electrons. The van der Waals surface area contributed by atoms with Gasteiger partial charge in [0.05, 0.1) is 25.2 Å². The number of hydrogen-bond acceptors (Lipinski definition) is 16. The van der Waals surface area contributed by atoms with Crippen LogP contribution in [-0.2, 0) is 76.4 Å². The number of esters is 6. The normalized spacial score (nSPS) is 9.77. The maximum atomic E-state index is 10.9. The van der Waals surface area contributed by atoms with E-state index < -0.39 is 29.3 Å². The van der Waals surface area contributed by atoms with E-state index in [9.17, 15) is 47.9 Å². The van der Waals surface area contributed by atoms with Crippen LogP contribution >= 0.6 is 0 Å². The molecule has 0 heterocycles. The molecule has 16 nitrogen and oxygen atoms in total. The van der Waals surface area contributed by atoms with Gasteiger partial charge in [0.1, 0.15) is 43.0 Å². The minimum atomic E-state index is -0.599. The Kier molecular flexibility index (Phi) is 61.8. The Morgan fingerprint density at radius 3 is 1.27 bits per heavy atom. The second-order valence-electron chi connectivity index (χ2n) is 17.2. The number of allylic oxidation sites excluding steroid dienone is 1. The van der Waals surface area contributed by atoms with E-state index in [1.807, 2.05) is 13.0 Å². The lowest BCUT2D eigenvalue weighted by molar-refractivity contribution is -0.149. The van der Waals surface area contributed by atoms with Crippen LogP contribution in [0, 0.1) is 11.3 Å². The average Bonchev–Trinajstić information content (AvgIpc) is 3.33. The molecular formula is C58H96O16. The summed E-state index contributed by atoms with van der Waals surface area (Å²) in [5.41, 5.74) is 0.555. The molecule has 0 aromatic rings. The van der Waals surface area contributed by atoms with Crippen LogP contribution in [0.2, 0.25) is 0 Å². The fourth-order valence-corrected chi connectivity index (χ4v) is 4.01. The van der Waals surface area contributed by atoms with Crippen LogP contribution < -0.4 is 0 Å². The van der Waals surface area contributed by atoms with Crippen LogP contribution in [0.15, 0.2) is 87.1 Å². The molecule has 0 N–H and O–H groups in total. The fraction of sp³-hybridized carbons (Fsp3) is 0.586. The number of carbonyl (C=O) groups excluding carboxylic acids is 10. The third kappa shape index (κ3) is 69.9. The molecule has 0 saturated heterocycles. The van der Waals surface area contributed by atoms with Gasteiger partial charge in [-0.3, -0.25) is 9.59 Å². The lowest BCUT2D eigenvalue weighted by Crippen LogP contribution is -2.28. The molecule has 16 heteroatoms. The highest BCUT2D eigenvalue weighted by Gasteiger charge is 2.25. The highest BCUT2D eigenvalue weighted by atomic mass is 16.6. The summed E-state index contributed by atoms with van der Waals surface area (Å²) in [7, 11) is 0. The highest BCUT2D eigenvalue weighted by molar-refractivity contribution is 5.88. The predicted molar refractivity (Wildman–Crippen MR) is 294 cm³/mol. The van der Waals surface area contributed by atoms with Crippen LogP contribution in [0.25, 0.3) is 0 Å². The van der Waals surface area contributed by atoms with Crippen molar-refractivity contribution in [2.45, 2.75) is 173 Å². The number of carbonyl (C=O) groups is 10. The predicted octanol–water partition coefficient (Wildman–Crippen LogP) is 11.8. The van der Waals surface area contributed by atoms with E-state index in [2.05, 4.69) is 55.5 Å². The van der Waals surface area contributed by atoms with Gasteiger partial charge in [-0.1, -0.05) is 92.0 Å². The molecular weight excluding hydrogens is 953 g/mol. The second kappa shape index (κ2) is 56.0. The van der Waals surface area contributed by atoms with E-state index >= 15 is 0 Å². The molecule has 0 amide bonds. The first kappa shape index (κ1) is 81.7. The molecule has 0 fully saturated rings. The van der Waals surface area contributed by atoms with Gasteiger partial charge in [0.25, 0.3) is 0 Å². The Bertz CT molecular complexity index is 1730. The van der Waals surface area contributed by atoms with E-state index in [1.54, 1.807) is 61.5 Å². The average molecular weight is 1050 g/mol. The van der Waals surface area contributed by atoms with Crippen molar-refractivity contribution in [2.24, 2.45) is 11.3 Å². The van der Waals surface area contributed by atoms with E-state index in [0.29, 0.717) is 68.0 Å². The lowest BCUT2D eigenvalue weighted by Gasteiger charge is -2.19. The molecule has 0 bridgehead atoms. The van der Waals surface area contributed by atoms with Gasteiger partial charge >= 0.3 is 35.8 Å². The van der Waals surface area contributed by atoms with Crippen LogP contribution in [0.3, 0.4) is 0 Å². The molecule has 0 aliphatic rings. The number of hydrogen-bond donors (Lipinski definition) is 0. The Morgan fingerprint density at radius 2 is 0.865 bits per heavy atom. The summed E-state index contributed by atoms with van der Waals surface area (Å²) in [6.45, 7) is 43.5. The van der Waals surface area contributed by atoms with Gasteiger partial charge in [-0.05, 0) is 101 Å². The van der Waals surface area contributed by atoms with Crippen LogP contribution in [0.1, 0.15) is 173 Å².